The van der Waals surface area contributed by atoms with E-state index in [4.69, 9.17) is 0 Å². The van der Waals surface area contributed by atoms with Gasteiger partial charge in [-0.1, -0.05) is 0 Å². The number of urea groups is 1. The molecule has 0 aromatic heterocycles. The van der Waals surface area contributed by atoms with Gasteiger partial charge < -0.3 is 15.0 Å². The number of hydrogen-bond acceptors (Lipinski definition) is 5. The molecule has 0 aromatic rings. The van der Waals surface area contributed by atoms with E-state index in [0.717, 1.165) is 4.90 Å². The predicted molar refractivity (Wildman–Crippen MR) is 59.4 cm³/mol. The van der Waals surface area contributed by atoms with Crippen LogP contribution >= 0.6 is 0 Å². The molecule has 0 saturated carbocycles. The fourth-order valence-electron chi connectivity index (χ4n) is 1.43. The number of amides is 4. The maximum Gasteiger partial charge on any atom is 0.327 e. The van der Waals surface area contributed by atoms with Gasteiger partial charge >= 0.3 is 12.0 Å². The Hall–Kier alpha value is -2.12. The molecule has 1 N–H and O–H groups in total. The molecule has 1 heterocycles. The van der Waals surface area contributed by atoms with Crippen LogP contribution in [0.5, 0.6) is 0 Å². The van der Waals surface area contributed by atoms with E-state index in [1.807, 2.05) is 0 Å². The normalized spacial score (nSPS) is 15.0. The molecule has 1 rings (SSSR count). The first kappa shape index (κ1) is 13.9. The Balaban J connectivity index is 2.34. The number of likely N-dealkylation sites (N-methyl/N-ethyl adjacent to an activating group) is 1. The van der Waals surface area contributed by atoms with Crippen molar-refractivity contribution in [3.8, 4) is 0 Å². The van der Waals surface area contributed by atoms with Crippen molar-refractivity contribution in [2.24, 2.45) is 0 Å². The molecule has 0 unspecified atom stereocenters. The number of hydrogen-bond donors (Lipinski definition) is 1. The molecule has 0 spiro atoms. The van der Waals surface area contributed by atoms with Crippen LogP contribution in [0.1, 0.15) is 6.42 Å². The minimum absolute atomic E-state index is 0.0196. The Kier molecular flexibility index (Phi) is 4.64. The highest BCUT2D eigenvalue weighted by Crippen LogP contribution is 2.06. The van der Waals surface area contributed by atoms with Crippen molar-refractivity contribution in [2.75, 3.05) is 33.8 Å². The summed E-state index contributed by atoms with van der Waals surface area (Å²) in [6.07, 6.45) is 0.0457. The van der Waals surface area contributed by atoms with Gasteiger partial charge in [-0.15, -0.1) is 0 Å². The Morgan fingerprint density at radius 3 is 2.56 bits per heavy atom. The summed E-state index contributed by atoms with van der Waals surface area (Å²) >= 11 is 0. The highest BCUT2D eigenvalue weighted by molar-refractivity contribution is 6.04. The molecule has 1 aliphatic heterocycles. The molecule has 100 valence electrons. The maximum atomic E-state index is 11.5. The highest BCUT2D eigenvalue weighted by atomic mass is 16.5. The topological polar surface area (TPSA) is 96.0 Å². The largest absolute Gasteiger partial charge is 0.469 e. The average molecular weight is 257 g/mol. The standard InChI is InChI=1S/C10H15N3O5/c1-12-6-8(15)13(10(12)17)5-7(14)11-4-3-9(16)18-2/h3-6H2,1-2H3,(H,11,14). The van der Waals surface area contributed by atoms with Crippen molar-refractivity contribution in [2.45, 2.75) is 6.42 Å². The second kappa shape index (κ2) is 5.99. The fraction of sp³-hybridized carbons (Fsp3) is 0.600. The Morgan fingerprint density at radius 1 is 1.39 bits per heavy atom. The van der Waals surface area contributed by atoms with E-state index >= 15 is 0 Å². The summed E-state index contributed by atoms with van der Waals surface area (Å²) in [4.78, 5) is 47.1. The van der Waals surface area contributed by atoms with Gasteiger partial charge in [0.2, 0.25) is 5.91 Å². The summed E-state index contributed by atoms with van der Waals surface area (Å²) in [6.45, 7) is -0.241. The molecular formula is C10H15N3O5. The first-order valence-corrected chi connectivity index (χ1v) is 5.34. The lowest BCUT2D eigenvalue weighted by molar-refractivity contribution is -0.140. The SMILES string of the molecule is COC(=O)CCNC(=O)CN1C(=O)CN(C)C1=O. The van der Waals surface area contributed by atoms with Gasteiger partial charge in [-0.25, -0.2) is 4.79 Å². The number of esters is 1. The van der Waals surface area contributed by atoms with E-state index in [9.17, 15) is 19.2 Å². The van der Waals surface area contributed by atoms with Crippen molar-refractivity contribution in [3.63, 3.8) is 0 Å². The van der Waals surface area contributed by atoms with Crippen LogP contribution in [-0.2, 0) is 19.1 Å². The van der Waals surface area contributed by atoms with E-state index in [1.54, 1.807) is 0 Å². The lowest BCUT2D eigenvalue weighted by Crippen LogP contribution is -2.41. The fourth-order valence-corrected chi connectivity index (χ4v) is 1.43. The summed E-state index contributed by atoms with van der Waals surface area (Å²) in [5, 5.41) is 2.43. The van der Waals surface area contributed by atoms with Gasteiger partial charge in [0.1, 0.15) is 13.1 Å². The van der Waals surface area contributed by atoms with E-state index in [0.29, 0.717) is 0 Å². The number of imide groups is 1. The van der Waals surface area contributed by atoms with E-state index in [-0.39, 0.29) is 26.1 Å². The monoisotopic (exact) mass is 257 g/mol. The number of ether oxygens (including phenoxy) is 1. The van der Waals surface area contributed by atoms with Crippen LogP contribution in [-0.4, -0.2) is 67.4 Å². The van der Waals surface area contributed by atoms with Crippen molar-refractivity contribution < 1.29 is 23.9 Å². The number of carbonyl (C=O) groups excluding carboxylic acids is 4. The average Bonchev–Trinajstić information content (AvgIpc) is 2.56. The first-order valence-electron chi connectivity index (χ1n) is 5.34. The zero-order valence-corrected chi connectivity index (χ0v) is 10.3. The molecule has 0 atom stereocenters. The van der Waals surface area contributed by atoms with Gasteiger partial charge in [0, 0.05) is 13.6 Å². The summed E-state index contributed by atoms with van der Waals surface area (Å²) in [7, 11) is 2.73. The molecule has 1 saturated heterocycles. The highest BCUT2D eigenvalue weighted by Gasteiger charge is 2.34. The zero-order valence-electron chi connectivity index (χ0n) is 10.3. The van der Waals surface area contributed by atoms with Crippen molar-refractivity contribution >= 4 is 23.8 Å². The van der Waals surface area contributed by atoms with Gasteiger partial charge in [-0.2, -0.15) is 0 Å². The second-order valence-corrected chi connectivity index (χ2v) is 3.79. The van der Waals surface area contributed by atoms with E-state index in [2.05, 4.69) is 10.1 Å². The van der Waals surface area contributed by atoms with Crippen LogP contribution in [0.25, 0.3) is 0 Å². The van der Waals surface area contributed by atoms with E-state index in [1.165, 1.54) is 19.1 Å². The van der Waals surface area contributed by atoms with Crippen molar-refractivity contribution in [1.82, 2.24) is 15.1 Å². The van der Waals surface area contributed by atoms with Crippen LogP contribution in [0.3, 0.4) is 0 Å². The van der Waals surface area contributed by atoms with Crippen LogP contribution in [0.2, 0.25) is 0 Å². The van der Waals surface area contributed by atoms with Gasteiger partial charge in [0.05, 0.1) is 13.5 Å². The molecule has 1 aliphatic rings. The number of carbonyl (C=O) groups is 4. The molecule has 18 heavy (non-hydrogen) atoms. The third kappa shape index (κ3) is 3.44. The number of rotatable bonds is 5. The van der Waals surface area contributed by atoms with Crippen LogP contribution in [0.4, 0.5) is 4.79 Å². The Bertz CT molecular complexity index is 382. The summed E-state index contributed by atoms with van der Waals surface area (Å²) in [5.74, 6) is -1.34. The Labute approximate surface area is 104 Å². The van der Waals surface area contributed by atoms with Crippen molar-refractivity contribution in [1.29, 1.82) is 0 Å². The number of nitrogens with one attached hydrogen (secondary N) is 1. The third-order valence-corrected chi connectivity index (χ3v) is 2.41. The molecule has 1 fully saturated rings. The lowest BCUT2D eigenvalue weighted by Gasteiger charge is -2.13. The zero-order chi connectivity index (χ0) is 13.7. The molecule has 0 bridgehead atoms. The van der Waals surface area contributed by atoms with Gasteiger partial charge in [-0.3, -0.25) is 19.3 Å². The quantitative estimate of drug-likeness (QED) is 0.480. The molecular weight excluding hydrogens is 242 g/mol. The van der Waals surface area contributed by atoms with Crippen LogP contribution in [0.15, 0.2) is 0 Å². The molecule has 0 aliphatic carbocycles. The third-order valence-electron chi connectivity index (χ3n) is 2.41. The van der Waals surface area contributed by atoms with E-state index < -0.39 is 23.8 Å². The molecule has 0 radical (unpaired) electrons. The van der Waals surface area contributed by atoms with Crippen molar-refractivity contribution in [3.05, 3.63) is 0 Å². The predicted octanol–water partition coefficient (Wildman–Crippen LogP) is -1.44. The maximum absolute atomic E-state index is 11.5. The second-order valence-electron chi connectivity index (χ2n) is 3.79. The number of nitrogens with zero attached hydrogens (tertiary/aromatic N) is 2. The van der Waals surface area contributed by atoms with Crippen LogP contribution < -0.4 is 5.32 Å². The molecule has 4 amide bonds. The molecule has 8 heteroatoms. The smallest absolute Gasteiger partial charge is 0.327 e. The minimum Gasteiger partial charge on any atom is -0.469 e. The van der Waals surface area contributed by atoms with Crippen LogP contribution in [0, 0.1) is 0 Å². The summed E-state index contributed by atoms with van der Waals surface area (Å²) in [6, 6.07) is -0.497. The summed E-state index contributed by atoms with van der Waals surface area (Å²) in [5.41, 5.74) is 0. The molecule has 8 nitrogen and oxygen atoms in total. The van der Waals surface area contributed by atoms with Gasteiger partial charge in [0.25, 0.3) is 5.91 Å². The lowest BCUT2D eigenvalue weighted by atomic mass is 10.4. The summed E-state index contributed by atoms with van der Waals surface area (Å²) < 4.78 is 4.40. The first-order chi connectivity index (χ1) is 8.45. The Morgan fingerprint density at radius 2 is 2.06 bits per heavy atom. The minimum atomic E-state index is -0.497. The van der Waals surface area contributed by atoms with Gasteiger partial charge in [0.15, 0.2) is 0 Å². The van der Waals surface area contributed by atoms with Gasteiger partial charge in [-0.05, 0) is 0 Å². The molecule has 0 aromatic carbocycles. The number of methoxy groups -OCH3 is 1.